The number of hydrogen-bond donors (Lipinski definition) is 2. The quantitative estimate of drug-likeness (QED) is 0.811. The van der Waals surface area contributed by atoms with Crippen LogP contribution in [0.15, 0.2) is 53.4 Å². The summed E-state index contributed by atoms with van der Waals surface area (Å²) >= 11 is 6.02. The number of benzene rings is 2. The van der Waals surface area contributed by atoms with E-state index in [9.17, 15) is 18.0 Å². The summed E-state index contributed by atoms with van der Waals surface area (Å²) in [6.45, 7) is 1.73. The molecule has 142 valence electrons. The van der Waals surface area contributed by atoms with Crippen molar-refractivity contribution >= 4 is 39.1 Å². The summed E-state index contributed by atoms with van der Waals surface area (Å²) in [5.74, 6) is -0.652. The molecular weight excluding hydrogens is 390 g/mol. The van der Waals surface area contributed by atoms with Crippen LogP contribution in [0, 0.1) is 0 Å². The maximum absolute atomic E-state index is 13.2. The summed E-state index contributed by atoms with van der Waals surface area (Å²) in [5, 5.41) is 5.70. The van der Waals surface area contributed by atoms with Crippen LogP contribution in [-0.2, 0) is 19.6 Å². The van der Waals surface area contributed by atoms with E-state index in [-0.39, 0.29) is 23.9 Å². The van der Waals surface area contributed by atoms with Crippen LogP contribution < -0.4 is 10.6 Å². The van der Waals surface area contributed by atoms with Gasteiger partial charge in [0.25, 0.3) is 0 Å². The molecule has 1 fully saturated rings. The molecule has 2 amide bonds. The maximum atomic E-state index is 13.2. The lowest BCUT2D eigenvalue weighted by Crippen LogP contribution is -2.52. The third kappa shape index (κ3) is 4.13. The van der Waals surface area contributed by atoms with Gasteiger partial charge in [-0.3, -0.25) is 9.59 Å². The predicted octanol–water partition coefficient (Wildman–Crippen LogP) is 2.16. The molecule has 0 saturated carbocycles. The van der Waals surface area contributed by atoms with Crippen LogP contribution in [0.4, 0.5) is 5.69 Å². The summed E-state index contributed by atoms with van der Waals surface area (Å²) in [7, 11) is -3.93. The van der Waals surface area contributed by atoms with E-state index in [0.29, 0.717) is 16.3 Å². The number of nitrogens with zero attached hydrogens (tertiary/aromatic N) is 1. The Morgan fingerprint density at radius 1 is 1.22 bits per heavy atom. The van der Waals surface area contributed by atoms with Crippen molar-refractivity contribution in [2.45, 2.75) is 17.9 Å². The van der Waals surface area contributed by atoms with Crippen LogP contribution in [0.3, 0.4) is 0 Å². The molecule has 0 radical (unpaired) electrons. The van der Waals surface area contributed by atoms with Crippen LogP contribution in [0.25, 0.3) is 0 Å². The average molecular weight is 408 g/mol. The average Bonchev–Trinajstić information content (AvgIpc) is 2.61. The molecule has 1 aliphatic rings. The predicted molar refractivity (Wildman–Crippen MR) is 102 cm³/mol. The number of amides is 2. The van der Waals surface area contributed by atoms with Gasteiger partial charge in [0.1, 0.15) is 6.04 Å². The van der Waals surface area contributed by atoms with E-state index in [1.54, 1.807) is 24.3 Å². The molecule has 3 rings (SSSR count). The van der Waals surface area contributed by atoms with Crippen molar-refractivity contribution in [1.82, 2.24) is 9.62 Å². The first-order valence-electron chi connectivity index (χ1n) is 8.22. The molecule has 27 heavy (non-hydrogen) atoms. The number of carbonyl (C=O) groups is 2. The minimum atomic E-state index is -3.93. The monoisotopic (exact) mass is 407 g/mol. The number of rotatable bonds is 4. The molecule has 1 saturated heterocycles. The second-order valence-electron chi connectivity index (χ2n) is 6.07. The highest BCUT2D eigenvalue weighted by molar-refractivity contribution is 7.89. The molecule has 1 aliphatic heterocycles. The van der Waals surface area contributed by atoms with Crippen LogP contribution in [0.5, 0.6) is 0 Å². The third-order valence-corrected chi connectivity index (χ3v) is 6.23. The van der Waals surface area contributed by atoms with Crippen molar-refractivity contribution in [2.24, 2.45) is 0 Å². The van der Waals surface area contributed by atoms with Gasteiger partial charge in [-0.25, -0.2) is 8.42 Å². The largest absolute Gasteiger partial charge is 0.353 e. The van der Waals surface area contributed by atoms with Crippen molar-refractivity contribution in [3.63, 3.8) is 0 Å². The molecule has 0 aliphatic carbocycles. The number of nitrogens with one attached hydrogen (secondary N) is 2. The zero-order valence-corrected chi connectivity index (χ0v) is 16.0. The molecule has 0 aromatic heterocycles. The molecule has 2 aromatic carbocycles. The SMILES string of the molecule is CC(=O)Nc1ccc(S(=O)(=O)N2CCNC(=O)C2c2cccc(Cl)c2)cc1. The minimum Gasteiger partial charge on any atom is -0.353 e. The summed E-state index contributed by atoms with van der Waals surface area (Å²) in [4.78, 5) is 23.6. The van der Waals surface area contributed by atoms with Gasteiger partial charge in [-0.1, -0.05) is 23.7 Å². The lowest BCUT2D eigenvalue weighted by atomic mass is 10.0. The highest BCUT2D eigenvalue weighted by Gasteiger charge is 2.39. The summed E-state index contributed by atoms with van der Waals surface area (Å²) in [6, 6.07) is 11.4. The zero-order chi connectivity index (χ0) is 19.6. The highest BCUT2D eigenvalue weighted by atomic mass is 35.5. The van der Waals surface area contributed by atoms with Gasteiger partial charge < -0.3 is 10.6 Å². The molecular formula is C18H18ClN3O4S. The summed E-state index contributed by atoms with van der Waals surface area (Å²) in [6.07, 6.45) is 0. The Bertz CT molecular complexity index is 976. The maximum Gasteiger partial charge on any atom is 0.244 e. The van der Waals surface area contributed by atoms with Crippen molar-refractivity contribution in [1.29, 1.82) is 0 Å². The number of hydrogen-bond acceptors (Lipinski definition) is 4. The van der Waals surface area contributed by atoms with Crippen LogP contribution in [-0.4, -0.2) is 37.6 Å². The van der Waals surface area contributed by atoms with E-state index >= 15 is 0 Å². The van der Waals surface area contributed by atoms with Crippen LogP contribution in [0.2, 0.25) is 5.02 Å². The van der Waals surface area contributed by atoms with Gasteiger partial charge in [0.15, 0.2) is 0 Å². The summed E-state index contributed by atoms with van der Waals surface area (Å²) in [5.41, 5.74) is 0.988. The molecule has 0 spiro atoms. The van der Waals surface area contributed by atoms with E-state index < -0.39 is 22.0 Å². The van der Waals surface area contributed by atoms with Crippen LogP contribution in [0.1, 0.15) is 18.5 Å². The fourth-order valence-electron chi connectivity index (χ4n) is 2.95. The van der Waals surface area contributed by atoms with Crippen molar-refractivity contribution in [3.05, 3.63) is 59.1 Å². The molecule has 1 heterocycles. The lowest BCUT2D eigenvalue weighted by Gasteiger charge is -2.34. The number of sulfonamides is 1. The Balaban J connectivity index is 1.97. The lowest BCUT2D eigenvalue weighted by molar-refractivity contribution is -0.127. The van der Waals surface area contributed by atoms with Gasteiger partial charge in [-0.2, -0.15) is 4.31 Å². The Morgan fingerprint density at radius 3 is 2.56 bits per heavy atom. The molecule has 1 unspecified atom stereocenters. The second kappa shape index (κ2) is 7.67. The zero-order valence-electron chi connectivity index (χ0n) is 14.5. The number of halogens is 1. The van der Waals surface area contributed by atoms with E-state index in [1.807, 2.05) is 0 Å². The smallest absolute Gasteiger partial charge is 0.244 e. The third-order valence-electron chi connectivity index (χ3n) is 4.11. The Kier molecular flexibility index (Phi) is 5.50. The van der Waals surface area contributed by atoms with Gasteiger partial charge in [0.2, 0.25) is 21.8 Å². The number of piperazine rings is 1. The topological polar surface area (TPSA) is 95.6 Å². The molecule has 9 heteroatoms. The first-order chi connectivity index (χ1) is 12.8. The number of anilines is 1. The van der Waals surface area contributed by atoms with Crippen LogP contribution >= 0.6 is 11.6 Å². The normalized spacial score (nSPS) is 18.0. The second-order valence-corrected chi connectivity index (χ2v) is 8.40. The molecule has 2 aromatic rings. The fraction of sp³-hybridized carbons (Fsp3) is 0.222. The highest BCUT2D eigenvalue weighted by Crippen LogP contribution is 2.31. The van der Waals surface area contributed by atoms with E-state index in [4.69, 9.17) is 11.6 Å². The van der Waals surface area contributed by atoms with Crippen molar-refractivity contribution in [2.75, 3.05) is 18.4 Å². The molecule has 1 atom stereocenters. The van der Waals surface area contributed by atoms with Gasteiger partial charge in [0, 0.05) is 30.7 Å². The van der Waals surface area contributed by atoms with Gasteiger partial charge >= 0.3 is 0 Å². The number of carbonyl (C=O) groups excluding carboxylic acids is 2. The first kappa shape index (κ1) is 19.3. The Labute approximate surface area is 162 Å². The first-order valence-corrected chi connectivity index (χ1v) is 10.0. The fourth-order valence-corrected chi connectivity index (χ4v) is 4.72. The minimum absolute atomic E-state index is 0.0401. The summed E-state index contributed by atoms with van der Waals surface area (Å²) < 4.78 is 27.5. The standard InChI is InChI=1S/C18H18ClN3O4S/c1-12(23)21-15-5-7-16(8-6-15)27(25,26)22-10-9-20-18(24)17(22)13-3-2-4-14(19)11-13/h2-8,11,17H,9-10H2,1H3,(H,20,24)(H,21,23). The van der Waals surface area contributed by atoms with Crippen molar-refractivity contribution < 1.29 is 18.0 Å². The van der Waals surface area contributed by atoms with E-state index in [2.05, 4.69) is 10.6 Å². The van der Waals surface area contributed by atoms with Gasteiger partial charge in [-0.15, -0.1) is 0 Å². The van der Waals surface area contributed by atoms with E-state index in [1.165, 1.54) is 35.5 Å². The Morgan fingerprint density at radius 2 is 1.93 bits per heavy atom. The van der Waals surface area contributed by atoms with Gasteiger partial charge in [0.05, 0.1) is 4.90 Å². The molecule has 0 bridgehead atoms. The van der Waals surface area contributed by atoms with Gasteiger partial charge in [-0.05, 0) is 42.0 Å². The Hall–Kier alpha value is -2.42. The molecule has 7 nitrogen and oxygen atoms in total. The molecule has 2 N–H and O–H groups in total. The van der Waals surface area contributed by atoms with E-state index in [0.717, 1.165) is 0 Å². The van der Waals surface area contributed by atoms with Crippen molar-refractivity contribution in [3.8, 4) is 0 Å².